The lowest BCUT2D eigenvalue weighted by Gasteiger charge is -2.18. The molecular weight excluding hydrogens is 291 g/mol. The number of methoxy groups -OCH3 is 1. The standard InChI is InChI=1S/C9H6F3NO3S2/c1-16-8(15)5-6(14)7-3(18-13-5)2-4(17-7)9(10,11)12/h2,5,13H,1H3. The predicted molar refractivity (Wildman–Crippen MR) is 58.4 cm³/mol. The fourth-order valence-corrected chi connectivity index (χ4v) is 3.37. The SMILES string of the molecule is COC(=O)C1NSc2cc(C(F)(F)F)sc2C1=O. The van der Waals surface area contributed by atoms with Crippen molar-refractivity contribution in [3.8, 4) is 0 Å². The Morgan fingerprint density at radius 1 is 1.50 bits per heavy atom. The molecule has 1 aliphatic heterocycles. The van der Waals surface area contributed by atoms with Gasteiger partial charge in [0.15, 0.2) is 6.04 Å². The second-order valence-electron chi connectivity index (χ2n) is 3.34. The van der Waals surface area contributed by atoms with Gasteiger partial charge in [-0.1, -0.05) is 0 Å². The highest BCUT2D eigenvalue weighted by molar-refractivity contribution is 7.97. The third-order valence-electron chi connectivity index (χ3n) is 2.19. The highest BCUT2D eigenvalue weighted by Gasteiger charge is 2.40. The smallest absolute Gasteiger partial charge is 0.425 e. The van der Waals surface area contributed by atoms with Gasteiger partial charge in [0.2, 0.25) is 5.78 Å². The van der Waals surface area contributed by atoms with E-state index in [1.54, 1.807) is 0 Å². The van der Waals surface area contributed by atoms with Crippen LogP contribution in [0.2, 0.25) is 0 Å². The Morgan fingerprint density at radius 2 is 2.17 bits per heavy atom. The Morgan fingerprint density at radius 3 is 2.72 bits per heavy atom. The minimum Gasteiger partial charge on any atom is -0.467 e. The zero-order valence-corrected chi connectivity index (χ0v) is 10.5. The predicted octanol–water partition coefficient (Wildman–Crippen LogP) is 2.10. The summed E-state index contributed by atoms with van der Waals surface area (Å²) in [5, 5.41) is 0. The van der Waals surface area contributed by atoms with E-state index < -0.39 is 28.8 Å². The van der Waals surface area contributed by atoms with Crippen molar-refractivity contribution in [2.45, 2.75) is 17.1 Å². The molecule has 0 amide bonds. The molecule has 2 heterocycles. The summed E-state index contributed by atoms with van der Waals surface area (Å²) in [6, 6.07) is -0.365. The third kappa shape index (κ3) is 2.25. The molecular formula is C9H6F3NO3S2. The number of hydrogen-bond donors (Lipinski definition) is 1. The van der Waals surface area contributed by atoms with Gasteiger partial charge in [0.25, 0.3) is 0 Å². The Hall–Kier alpha value is -1.06. The van der Waals surface area contributed by atoms with Crippen LogP contribution in [-0.4, -0.2) is 24.9 Å². The Bertz CT molecular complexity index is 512. The largest absolute Gasteiger partial charge is 0.467 e. The fraction of sp³-hybridized carbons (Fsp3) is 0.333. The van der Waals surface area contributed by atoms with Crippen LogP contribution >= 0.6 is 23.3 Å². The van der Waals surface area contributed by atoms with Gasteiger partial charge in [-0.2, -0.15) is 13.2 Å². The van der Waals surface area contributed by atoms with Gasteiger partial charge < -0.3 is 4.74 Å². The Labute approximate surface area is 108 Å². The first kappa shape index (κ1) is 13.4. The molecule has 1 aromatic heterocycles. The molecule has 2 rings (SSSR count). The summed E-state index contributed by atoms with van der Waals surface area (Å²) in [6.45, 7) is 0. The zero-order chi connectivity index (χ0) is 13.5. The van der Waals surface area contributed by atoms with Crippen LogP contribution in [0.15, 0.2) is 11.0 Å². The van der Waals surface area contributed by atoms with Crippen LogP contribution in [0, 0.1) is 0 Å². The van der Waals surface area contributed by atoms with E-state index in [2.05, 4.69) is 9.46 Å². The second-order valence-corrected chi connectivity index (χ2v) is 5.27. The summed E-state index contributed by atoms with van der Waals surface area (Å²) in [7, 11) is 1.10. The number of ether oxygens (including phenoxy) is 1. The van der Waals surface area contributed by atoms with E-state index in [1.807, 2.05) is 0 Å². The topological polar surface area (TPSA) is 55.4 Å². The summed E-state index contributed by atoms with van der Waals surface area (Å²) >= 11 is 1.16. The molecule has 0 aromatic carbocycles. The first-order valence-corrected chi connectivity index (χ1v) is 6.23. The van der Waals surface area contributed by atoms with E-state index in [-0.39, 0.29) is 9.77 Å². The maximum atomic E-state index is 12.5. The first-order valence-electron chi connectivity index (χ1n) is 4.60. The van der Waals surface area contributed by atoms with Crippen molar-refractivity contribution in [1.29, 1.82) is 0 Å². The fourth-order valence-electron chi connectivity index (χ4n) is 1.34. The van der Waals surface area contributed by atoms with Crippen LogP contribution in [0.25, 0.3) is 0 Å². The molecule has 9 heteroatoms. The molecule has 0 saturated heterocycles. The summed E-state index contributed by atoms with van der Waals surface area (Å²) in [4.78, 5) is 22.3. The highest BCUT2D eigenvalue weighted by Crippen LogP contribution is 2.41. The number of fused-ring (bicyclic) bond motifs is 1. The summed E-state index contributed by atoms with van der Waals surface area (Å²) < 4.78 is 44.4. The van der Waals surface area contributed by atoms with Crippen LogP contribution in [-0.2, 0) is 15.7 Å². The van der Waals surface area contributed by atoms with Gasteiger partial charge in [-0.3, -0.25) is 4.79 Å². The molecule has 0 saturated carbocycles. The van der Waals surface area contributed by atoms with E-state index in [0.29, 0.717) is 11.3 Å². The number of carbonyl (C=O) groups is 2. The number of nitrogens with one attached hydrogen (secondary N) is 1. The van der Waals surface area contributed by atoms with Crippen LogP contribution in [0.4, 0.5) is 13.2 Å². The van der Waals surface area contributed by atoms with Gasteiger partial charge in [-0.25, -0.2) is 9.52 Å². The first-order chi connectivity index (χ1) is 8.34. The molecule has 0 spiro atoms. The summed E-state index contributed by atoms with van der Waals surface area (Å²) in [6.07, 6.45) is -4.50. The van der Waals surface area contributed by atoms with Gasteiger partial charge in [0.1, 0.15) is 4.88 Å². The third-order valence-corrected chi connectivity index (χ3v) is 4.41. The molecule has 0 bridgehead atoms. The summed E-state index contributed by atoms with van der Waals surface area (Å²) in [5.74, 6) is -1.52. The monoisotopic (exact) mass is 297 g/mol. The number of alkyl halides is 3. The molecule has 0 aliphatic carbocycles. The Kier molecular flexibility index (Phi) is 3.39. The molecule has 1 unspecified atom stereocenters. The van der Waals surface area contributed by atoms with Crippen molar-refractivity contribution < 1.29 is 27.5 Å². The minimum atomic E-state index is -4.50. The highest BCUT2D eigenvalue weighted by atomic mass is 32.2. The van der Waals surface area contributed by atoms with Gasteiger partial charge in [-0.15, -0.1) is 11.3 Å². The average molecular weight is 297 g/mol. The molecule has 1 aromatic rings. The van der Waals surface area contributed by atoms with Crippen molar-refractivity contribution in [3.05, 3.63) is 15.8 Å². The lowest BCUT2D eigenvalue weighted by molar-refractivity contribution is -0.141. The lowest BCUT2D eigenvalue weighted by atomic mass is 10.1. The van der Waals surface area contributed by atoms with E-state index in [0.717, 1.165) is 25.1 Å². The van der Waals surface area contributed by atoms with E-state index in [1.165, 1.54) is 0 Å². The number of esters is 1. The molecule has 1 atom stereocenters. The number of carbonyl (C=O) groups excluding carboxylic acids is 2. The zero-order valence-electron chi connectivity index (χ0n) is 8.83. The van der Waals surface area contributed by atoms with Crippen LogP contribution in [0.5, 0.6) is 0 Å². The minimum absolute atomic E-state index is 0.0681. The van der Waals surface area contributed by atoms with Crippen molar-refractivity contribution >= 4 is 35.0 Å². The molecule has 0 fully saturated rings. The van der Waals surface area contributed by atoms with Crippen molar-refractivity contribution in [2.75, 3.05) is 7.11 Å². The number of halogens is 3. The van der Waals surface area contributed by atoms with Crippen LogP contribution < -0.4 is 4.72 Å². The van der Waals surface area contributed by atoms with Gasteiger partial charge in [-0.05, 0) is 18.0 Å². The van der Waals surface area contributed by atoms with Crippen LogP contribution in [0.1, 0.15) is 14.5 Å². The van der Waals surface area contributed by atoms with Crippen molar-refractivity contribution in [1.82, 2.24) is 4.72 Å². The molecule has 0 radical (unpaired) electrons. The molecule has 1 N–H and O–H groups in total. The number of rotatable bonds is 1. The van der Waals surface area contributed by atoms with Gasteiger partial charge in [0.05, 0.1) is 12.0 Å². The number of ketones is 1. The van der Waals surface area contributed by atoms with Crippen molar-refractivity contribution in [2.24, 2.45) is 0 Å². The average Bonchev–Trinajstić information content (AvgIpc) is 2.73. The normalized spacial score (nSPS) is 19.6. The van der Waals surface area contributed by atoms with Crippen LogP contribution in [0.3, 0.4) is 0 Å². The van der Waals surface area contributed by atoms with Crippen molar-refractivity contribution in [3.63, 3.8) is 0 Å². The molecule has 4 nitrogen and oxygen atoms in total. The quantitative estimate of drug-likeness (QED) is 0.489. The maximum Gasteiger partial charge on any atom is 0.425 e. The van der Waals surface area contributed by atoms with E-state index >= 15 is 0 Å². The van der Waals surface area contributed by atoms with E-state index in [9.17, 15) is 22.8 Å². The Balaban J connectivity index is 2.36. The summed E-state index contributed by atoms with van der Waals surface area (Å²) in [5.41, 5.74) is 0. The van der Waals surface area contributed by atoms with E-state index in [4.69, 9.17) is 0 Å². The molecule has 18 heavy (non-hydrogen) atoms. The van der Waals surface area contributed by atoms with Gasteiger partial charge >= 0.3 is 12.1 Å². The molecule has 1 aliphatic rings. The molecule has 98 valence electrons. The lowest BCUT2D eigenvalue weighted by Crippen LogP contribution is -2.43. The van der Waals surface area contributed by atoms with Gasteiger partial charge in [0, 0.05) is 4.90 Å². The number of hydrogen-bond acceptors (Lipinski definition) is 6. The second kappa shape index (κ2) is 4.56. The maximum absolute atomic E-state index is 12.5. The number of thiophene rings is 1. The number of Topliss-reactive ketones (excluding diaryl/α,β-unsaturated/α-hetero) is 1.